The predicted molar refractivity (Wildman–Crippen MR) is 73.6 cm³/mol. The van der Waals surface area contributed by atoms with Gasteiger partial charge < -0.3 is 20.8 Å². The molecule has 4 radical (unpaired) electrons. The van der Waals surface area contributed by atoms with E-state index in [0.717, 1.165) is 0 Å². The van der Waals surface area contributed by atoms with Crippen molar-refractivity contribution in [1.82, 2.24) is 0 Å². The molecule has 0 unspecified atom stereocenters. The van der Waals surface area contributed by atoms with E-state index in [1.165, 1.54) is 0 Å². The van der Waals surface area contributed by atoms with E-state index in [0.29, 0.717) is 11.4 Å². The summed E-state index contributed by atoms with van der Waals surface area (Å²) >= 11 is 0. The van der Waals surface area contributed by atoms with Crippen LogP contribution in [0.3, 0.4) is 0 Å². The van der Waals surface area contributed by atoms with Crippen molar-refractivity contribution in [2.45, 2.75) is 0 Å². The largest absolute Gasteiger partial charge is 0.592 e. The molecule has 0 aliphatic heterocycles. The molecule has 2 aromatic rings. The van der Waals surface area contributed by atoms with Gasteiger partial charge in [0.05, 0.1) is 0 Å². The summed E-state index contributed by atoms with van der Waals surface area (Å²) in [4.78, 5) is 0.278. The molecule has 9 heteroatoms. The first kappa shape index (κ1) is 18.8. The second-order valence-corrected chi connectivity index (χ2v) is 3.40. The second-order valence-electron chi connectivity index (χ2n) is 3.40. The summed E-state index contributed by atoms with van der Waals surface area (Å²) in [6.45, 7) is 0. The van der Waals surface area contributed by atoms with Crippen molar-refractivity contribution in [2.24, 2.45) is 10.6 Å². The Bertz CT molecular complexity index is 525. The quantitative estimate of drug-likeness (QED) is 0.296. The number of hydrogen-bond acceptors (Lipinski definition) is 4. The molecule has 0 saturated carbocycles. The van der Waals surface area contributed by atoms with Crippen molar-refractivity contribution in [1.29, 1.82) is 0 Å². The van der Waals surface area contributed by atoms with Gasteiger partial charge in [0, 0.05) is 51.6 Å². The van der Waals surface area contributed by atoms with Gasteiger partial charge in [-0.2, -0.15) is 0 Å². The first-order chi connectivity index (χ1) is 9.69. The Labute approximate surface area is 140 Å². The molecule has 2 N–H and O–H groups in total. The third-order valence-corrected chi connectivity index (χ3v) is 2.12. The molecule has 0 fully saturated rings. The fourth-order valence-electron chi connectivity index (χ4n) is 1.21. The zero-order valence-electron chi connectivity index (χ0n) is 10.8. The summed E-state index contributed by atoms with van der Waals surface area (Å²) in [5.41, 5.74) is 0.620. The Morgan fingerprint density at radius 1 is 0.667 bits per heavy atom. The Kier molecular flexibility index (Phi) is 9.41. The molecule has 2 rings (SSSR count). The maximum atomic E-state index is 10.5. The molecule has 0 spiro atoms. The van der Waals surface area contributed by atoms with Crippen molar-refractivity contribution in [3.8, 4) is 0 Å². The topological polar surface area (TPSA) is 117 Å². The summed E-state index contributed by atoms with van der Waals surface area (Å²) in [6.07, 6.45) is 0. The van der Waals surface area contributed by atoms with Gasteiger partial charge in [-0.3, -0.25) is 0 Å². The molecule has 0 aromatic heterocycles. The van der Waals surface area contributed by atoms with Crippen LogP contribution >= 0.6 is 0 Å². The Balaban J connectivity index is 0.000000364. The molecule has 0 aliphatic rings. The standard InChI is InChI=1S/2C6H6N2O2.Pb/c2*9-7-8(10)6-4-2-1-3-5-6;/h2*1-5,9H;/b2*8-7+;. The Hall–Kier alpha value is -2.24. The van der Waals surface area contributed by atoms with Gasteiger partial charge >= 0.3 is 0 Å². The summed E-state index contributed by atoms with van der Waals surface area (Å²) in [5, 5.41) is 42.0. The van der Waals surface area contributed by atoms with E-state index in [2.05, 4.69) is 10.6 Å². The van der Waals surface area contributed by atoms with E-state index in [1.54, 1.807) is 60.7 Å². The van der Waals surface area contributed by atoms with E-state index in [9.17, 15) is 10.4 Å². The monoisotopic (exact) mass is 484 g/mol. The van der Waals surface area contributed by atoms with Gasteiger partial charge in [0.2, 0.25) is 21.9 Å². The second kappa shape index (κ2) is 10.5. The van der Waals surface area contributed by atoms with Gasteiger partial charge in [-0.1, -0.05) is 36.4 Å². The maximum absolute atomic E-state index is 10.5. The maximum Gasteiger partial charge on any atom is 0.248 e. The van der Waals surface area contributed by atoms with E-state index in [1.807, 2.05) is 0 Å². The number of hydrogen-bond donors (Lipinski definition) is 2. The van der Waals surface area contributed by atoms with Gasteiger partial charge in [0.25, 0.3) is 0 Å². The van der Waals surface area contributed by atoms with Crippen molar-refractivity contribution in [2.75, 3.05) is 0 Å². The summed E-state index contributed by atoms with van der Waals surface area (Å²) in [5.74, 6) is 0. The molecule has 8 nitrogen and oxygen atoms in total. The number of nitrogens with zero attached hydrogens (tertiary/aromatic N) is 4. The molecule has 2 aromatic carbocycles. The minimum absolute atomic E-state index is 0. The van der Waals surface area contributed by atoms with Crippen LogP contribution in [0.2, 0.25) is 0 Å². The molecular formula is C12H12N4O4Pb. The van der Waals surface area contributed by atoms with Crippen LogP contribution in [0.1, 0.15) is 0 Å². The van der Waals surface area contributed by atoms with Crippen molar-refractivity contribution >= 4 is 38.7 Å². The molecule has 0 atom stereocenters. The van der Waals surface area contributed by atoms with Crippen molar-refractivity contribution < 1.29 is 20.1 Å². The molecule has 0 aliphatic carbocycles. The fraction of sp³-hybridized carbons (Fsp3) is 0. The van der Waals surface area contributed by atoms with Crippen LogP contribution in [0, 0.1) is 10.4 Å². The van der Waals surface area contributed by atoms with Gasteiger partial charge in [-0.05, 0) is 9.72 Å². The molecule has 21 heavy (non-hydrogen) atoms. The number of rotatable bonds is 2. The fourth-order valence-corrected chi connectivity index (χ4v) is 1.21. The smallest absolute Gasteiger partial charge is 0.248 e. The minimum Gasteiger partial charge on any atom is -0.592 e. The van der Waals surface area contributed by atoms with Gasteiger partial charge in [0.15, 0.2) is 0 Å². The minimum atomic E-state index is 0. The average Bonchev–Trinajstić information content (AvgIpc) is 2.55. The van der Waals surface area contributed by atoms with Crippen LogP contribution in [-0.4, -0.2) is 47.4 Å². The van der Waals surface area contributed by atoms with E-state index in [4.69, 9.17) is 10.4 Å². The Morgan fingerprint density at radius 3 is 1.19 bits per heavy atom. The molecule has 0 saturated heterocycles. The van der Waals surface area contributed by atoms with Crippen LogP contribution in [0.4, 0.5) is 11.4 Å². The van der Waals surface area contributed by atoms with Crippen LogP contribution < -0.4 is 0 Å². The molecule has 108 valence electrons. The van der Waals surface area contributed by atoms with Crippen LogP contribution in [0.5, 0.6) is 0 Å². The third-order valence-electron chi connectivity index (χ3n) is 2.12. The van der Waals surface area contributed by atoms with Gasteiger partial charge in [-0.25, -0.2) is 0 Å². The molecular weight excluding hydrogens is 471 g/mol. The molecule has 0 bridgehead atoms. The average molecular weight is 483 g/mol. The number of para-hydroxylation sites is 2. The normalized spacial score (nSPS) is 10.9. The summed E-state index contributed by atoms with van der Waals surface area (Å²) in [6, 6.07) is 16.5. The van der Waals surface area contributed by atoms with Gasteiger partial charge in [0.1, 0.15) is 0 Å². The van der Waals surface area contributed by atoms with E-state index < -0.39 is 0 Å². The zero-order valence-corrected chi connectivity index (χ0v) is 14.7. The Morgan fingerprint density at radius 2 is 0.952 bits per heavy atom. The number of benzene rings is 2. The predicted octanol–water partition coefficient (Wildman–Crippen LogP) is 2.96. The zero-order chi connectivity index (χ0) is 14.8. The van der Waals surface area contributed by atoms with E-state index in [-0.39, 0.29) is 37.0 Å². The van der Waals surface area contributed by atoms with E-state index >= 15 is 0 Å². The third kappa shape index (κ3) is 6.65. The molecule has 0 amide bonds. The summed E-state index contributed by atoms with van der Waals surface area (Å²) < 4.78 is 0. The SMILES string of the molecule is [O-]/[N+](=N/O)c1ccccc1.[O-]/[N+](=N/O)c1ccccc1.[Pb]. The van der Waals surface area contributed by atoms with Crippen molar-refractivity contribution in [3.05, 3.63) is 71.1 Å². The van der Waals surface area contributed by atoms with Gasteiger partial charge in [-0.15, -0.1) is 0 Å². The summed E-state index contributed by atoms with van der Waals surface area (Å²) in [7, 11) is 0. The van der Waals surface area contributed by atoms with Crippen LogP contribution in [-0.2, 0) is 0 Å². The molecule has 0 heterocycles. The van der Waals surface area contributed by atoms with Crippen LogP contribution in [0.15, 0.2) is 71.2 Å². The van der Waals surface area contributed by atoms with Crippen LogP contribution in [0.25, 0.3) is 0 Å². The first-order valence-corrected chi connectivity index (χ1v) is 5.43. The first-order valence-electron chi connectivity index (χ1n) is 5.43. The van der Waals surface area contributed by atoms with Crippen molar-refractivity contribution in [3.63, 3.8) is 0 Å².